The first-order valence-electron chi connectivity index (χ1n) is 7.71. The topological polar surface area (TPSA) is 49.4 Å². The normalized spacial score (nSPS) is 10.3. The Morgan fingerprint density at radius 3 is 2.46 bits per heavy atom. The minimum atomic E-state index is -0.224. The van der Waals surface area contributed by atoms with Gasteiger partial charge in [-0.3, -0.25) is 9.59 Å². The number of nitrogens with one attached hydrogen (secondary N) is 1. The maximum atomic E-state index is 12.3. The van der Waals surface area contributed by atoms with E-state index in [1.165, 1.54) is 10.5 Å². The second-order valence-corrected chi connectivity index (χ2v) is 6.73. The standard InChI is InChI=1S/C19H21BrN2O2/c1-13-8-9-15(10-14(13)2)11-19(24)22(3)12-18(23)21-17-7-5-4-6-16(17)20/h4-10H,11-12H2,1-3H3,(H,21,23). The fourth-order valence-electron chi connectivity index (χ4n) is 2.28. The van der Waals surface area contributed by atoms with Gasteiger partial charge in [-0.15, -0.1) is 0 Å². The monoisotopic (exact) mass is 388 g/mol. The summed E-state index contributed by atoms with van der Waals surface area (Å²) in [4.78, 5) is 25.9. The number of likely N-dealkylation sites (N-methyl/N-ethyl adjacent to an activating group) is 1. The molecular formula is C19H21BrN2O2. The summed E-state index contributed by atoms with van der Waals surface area (Å²) in [6, 6.07) is 13.4. The van der Waals surface area contributed by atoms with Gasteiger partial charge in [-0.25, -0.2) is 0 Å². The van der Waals surface area contributed by atoms with Gasteiger partial charge in [0, 0.05) is 11.5 Å². The quantitative estimate of drug-likeness (QED) is 0.848. The predicted octanol–water partition coefficient (Wildman–Crippen LogP) is 3.71. The van der Waals surface area contributed by atoms with Crippen LogP contribution in [-0.2, 0) is 16.0 Å². The molecule has 0 saturated heterocycles. The van der Waals surface area contributed by atoms with E-state index >= 15 is 0 Å². The Bertz CT molecular complexity index is 759. The largest absolute Gasteiger partial charge is 0.336 e. The number of carbonyl (C=O) groups is 2. The van der Waals surface area contributed by atoms with Gasteiger partial charge in [-0.05, 0) is 58.6 Å². The molecule has 0 heterocycles. The third-order valence-electron chi connectivity index (χ3n) is 3.88. The SMILES string of the molecule is Cc1ccc(CC(=O)N(C)CC(=O)Nc2ccccc2Br)cc1C. The van der Waals surface area contributed by atoms with Crippen molar-refractivity contribution in [1.29, 1.82) is 0 Å². The molecule has 126 valence electrons. The van der Waals surface area contributed by atoms with E-state index in [1.54, 1.807) is 13.1 Å². The minimum absolute atomic E-state index is 0.0189. The van der Waals surface area contributed by atoms with Gasteiger partial charge in [-0.1, -0.05) is 30.3 Å². The van der Waals surface area contributed by atoms with Crippen LogP contribution in [0.4, 0.5) is 5.69 Å². The molecule has 2 rings (SSSR count). The Morgan fingerprint density at radius 2 is 1.79 bits per heavy atom. The Kier molecular flexibility index (Phi) is 6.15. The fraction of sp³-hybridized carbons (Fsp3) is 0.263. The summed E-state index contributed by atoms with van der Waals surface area (Å²) >= 11 is 3.38. The van der Waals surface area contributed by atoms with Gasteiger partial charge >= 0.3 is 0 Å². The summed E-state index contributed by atoms with van der Waals surface area (Å²) in [5.41, 5.74) is 4.01. The summed E-state index contributed by atoms with van der Waals surface area (Å²) in [6.45, 7) is 4.09. The first-order valence-corrected chi connectivity index (χ1v) is 8.50. The number of para-hydroxylation sites is 1. The number of hydrogen-bond donors (Lipinski definition) is 1. The number of hydrogen-bond acceptors (Lipinski definition) is 2. The predicted molar refractivity (Wildman–Crippen MR) is 100 cm³/mol. The van der Waals surface area contributed by atoms with Crippen LogP contribution in [0, 0.1) is 13.8 Å². The molecule has 0 fully saturated rings. The number of anilines is 1. The first-order chi connectivity index (χ1) is 11.4. The molecule has 2 aromatic rings. The van der Waals surface area contributed by atoms with Crippen molar-refractivity contribution in [3.63, 3.8) is 0 Å². The zero-order valence-electron chi connectivity index (χ0n) is 14.1. The molecule has 0 aromatic heterocycles. The van der Waals surface area contributed by atoms with Crippen LogP contribution in [0.15, 0.2) is 46.9 Å². The molecule has 0 bridgehead atoms. The van der Waals surface area contributed by atoms with E-state index < -0.39 is 0 Å². The molecule has 0 aliphatic rings. The lowest BCUT2D eigenvalue weighted by Gasteiger charge is -2.17. The van der Waals surface area contributed by atoms with Crippen LogP contribution in [0.1, 0.15) is 16.7 Å². The Balaban J connectivity index is 1.92. The summed E-state index contributed by atoms with van der Waals surface area (Å²) in [7, 11) is 1.64. The maximum Gasteiger partial charge on any atom is 0.244 e. The van der Waals surface area contributed by atoms with Crippen molar-refractivity contribution < 1.29 is 9.59 Å². The molecule has 0 spiro atoms. The van der Waals surface area contributed by atoms with Crippen LogP contribution < -0.4 is 5.32 Å². The maximum absolute atomic E-state index is 12.3. The third kappa shape index (κ3) is 4.93. The number of nitrogens with zero attached hydrogens (tertiary/aromatic N) is 1. The van der Waals surface area contributed by atoms with Crippen LogP contribution in [0.2, 0.25) is 0 Å². The number of rotatable bonds is 5. The highest BCUT2D eigenvalue weighted by Crippen LogP contribution is 2.21. The lowest BCUT2D eigenvalue weighted by atomic mass is 10.0. The van der Waals surface area contributed by atoms with E-state index in [9.17, 15) is 9.59 Å². The molecule has 0 radical (unpaired) electrons. The summed E-state index contributed by atoms with van der Waals surface area (Å²) in [5, 5.41) is 2.80. The van der Waals surface area contributed by atoms with Crippen LogP contribution >= 0.6 is 15.9 Å². The van der Waals surface area contributed by atoms with Crippen molar-refractivity contribution >= 4 is 33.4 Å². The number of carbonyl (C=O) groups excluding carboxylic acids is 2. The van der Waals surface area contributed by atoms with Gasteiger partial charge in [-0.2, -0.15) is 0 Å². The highest BCUT2D eigenvalue weighted by Gasteiger charge is 2.14. The van der Waals surface area contributed by atoms with Crippen LogP contribution in [-0.4, -0.2) is 30.3 Å². The molecule has 1 N–H and O–H groups in total. The van der Waals surface area contributed by atoms with Gasteiger partial charge in [0.2, 0.25) is 11.8 Å². The molecule has 5 heteroatoms. The molecular weight excluding hydrogens is 368 g/mol. The van der Waals surface area contributed by atoms with Crippen LogP contribution in [0.5, 0.6) is 0 Å². The van der Waals surface area contributed by atoms with Gasteiger partial charge in [0.1, 0.15) is 0 Å². The fourth-order valence-corrected chi connectivity index (χ4v) is 2.66. The van der Waals surface area contributed by atoms with E-state index in [0.29, 0.717) is 12.1 Å². The van der Waals surface area contributed by atoms with E-state index in [1.807, 2.05) is 50.2 Å². The van der Waals surface area contributed by atoms with Crippen LogP contribution in [0.3, 0.4) is 0 Å². The average molecular weight is 389 g/mol. The highest BCUT2D eigenvalue weighted by atomic mass is 79.9. The van der Waals surface area contributed by atoms with Gasteiger partial charge in [0.15, 0.2) is 0 Å². The molecule has 0 aliphatic heterocycles. The molecule has 0 unspecified atom stereocenters. The second kappa shape index (κ2) is 8.11. The zero-order chi connectivity index (χ0) is 17.7. The minimum Gasteiger partial charge on any atom is -0.336 e. The van der Waals surface area contributed by atoms with Crippen molar-refractivity contribution in [3.8, 4) is 0 Å². The molecule has 24 heavy (non-hydrogen) atoms. The number of amides is 2. The third-order valence-corrected chi connectivity index (χ3v) is 4.57. The molecule has 0 aliphatic carbocycles. The highest BCUT2D eigenvalue weighted by molar-refractivity contribution is 9.10. The van der Waals surface area contributed by atoms with Crippen molar-refractivity contribution in [2.45, 2.75) is 20.3 Å². The lowest BCUT2D eigenvalue weighted by molar-refractivity contribution is -0.132. The Morgan fingerprint density at radius 1 is 1.08 bits per heavy atom. The summed E-state index contributed by atoms with van der Waals surface area (Å²) < 4.78 is 0.808. The van der Waals surface area contributed by atoms with Gasteiger partial charge in [0.25, 0.3) is 0 Å². The molecule has 4 nitrogen and oxygen atoms in total. The van der Waals surface area contributed by atoms with Crippen LogP contribution in [0.25, 0.3) is 0 Å². The first kappa shape index (κ1) is 18.2. The van der Waals surface area contributed by atoms with Crippen molar-refractivity contribution in [2.75, 3.05) is 18.9 Å². The molecule has 0 atom stereocenters. The Labute approximate surface area is 151 Å². The Hall–Kier alpha value is -2.14. The van der Waals surface area contributed by atoms with E-state index in [-0.39, 0.29) is 18.4 Å². The van der Waals surface area contributed by atoms with Crippen molar-refractivity contribution in [1.82, 2.24) is 4.90 Å². The number of aryl methyl sites for hydroxylation is 2. The van der Waals surface area contributed by atoms with Crippen molar-refractivity contribution in [2.24, 2.45) is 0 Å². The number of benzene rings is 2. The van der Waals surface area contributed by atoms with E-state index in [0.717, 1.165) is 15.6 Å². The van der Waals surface area contributed by atoms with Crippen molar-refractivity contribution in [3.05, 3.63) is 63.6 Å². The summed E-state index contributed by atoms with van der Waals surface area (Å²) in [6.07, 6.45) is 0.292. The zero-order valence-corrected chi connectivity index (χ0v) is 15.7. The smallest absolute Gasteiger partial charge is 0.244 e. The van der Waals surface area contributed by atoms with E-state index in [2.05, 4.69) is 21.2 Å². The van der Waals surface area contributed by atoms with E-state index in [4.69, 9.17) is 0 Å². The average Bonchev–Trinajstić information content (AvgIpc) is 2.53. The summed E-state index contributed by atoms with van der Waals surface area (Å²) in [5.74, 6) is -0.307. The molecule has 2 amide bonds. The second-order valence-electron chi connectivity index (χ2n) is 5.87. The number of halogens is 1. The van der Waals surface area contributed by atoms with Gasteiger partial charge < -0.3 is 10.2 Å². The lowest BCUT2D eigenvalue weighted by Crippen LogP contribution is -2.35. The molecule has 0 saturated carbocycles. The van der Waals surface area contributed by atoms with Gasteiger partial charge in [0.05, 0.1) is 18.7 Å². The molecule has 2 aromatic carbocycles.